The van der Waals surface area contributed by atoms with Gasteiger partial charge in [0.25, 0.3) is 0 Å². The van der Waals surface area contributed by atoms with Crippen LogP contribution < -0.4 is 5.32 Å². The molecule has 1 heterocycles. The molecule has 0 bridgehead atoms. The summed E-state index contributed by atoms with van der Waals surface area (Å²) in [6.45, 7) is 7.15. The maximum absolute atomic E-state index is 12.3. The number of amides is 1. The molecule has 0 saturated carbocycles. The Morgan fingerprint density at radius 1 is 1.12 bits per heavy atom. The Hall–Kier alpha value is -2.09. The number of carbonyl (C=O) groups excluding carboxylic acids is 1. The van der Waals surface area contributed by atoms with Crippen LogP contribution in [-0.2, 0) is 14.6 Å². The fraction of sp³-hybridized carbons (Fsp3) is 0.529. The van der Waals surface area contributed by atoms with Gasteiger partial charge in [-0.25, -0.2) is 8.42 Å². The quantitative estimate of drug-likeness (QED) is 0.609. The zero-order valence-electron chi connectivity index (χ0n) is 14.8. The van der Waals surface area contributed by atoms with Crippen molar-refractivity contribution in [2.24, 2.45) is 4.99 Å². The molecule has 1 aromatic carbocycles. The smallest absolute Gasteiger partial charge is 0.219 e. The topological polar surface area (TPSA) is 82.1 Å². The van der Waals surface area contributed by atoms with E-state index in [2.05, 4.69) is 15.2 Å². The molecule has 1 aliphatic rings. The molecule has 0 unspecified atom stereocenters. The minimum Gasteiger partial charge on any atom is -0.357 e. The van der Waals surface area contributed by atoms with Gasteiger partial charge in [0.1, 0.15) is 0 Å². The van der Waals surface area contributed by atoms with Gasteiger partial charge in [-0.1, -0.05) is 18.2 Å². The lowest BCUT2D eigenvalue weighted by Gasteiger charge is -2.36. The number of rotatable bonds is 5. The number of nitrogens with zero attached hydrogens (tertiary/aromatic N) is 3. The highest BCUT2D eigenvalue weighted by Gasteiger charge is 2.21. The lowest BCUT2D eigenvalue weighted by atomic mass is 10.3. The zero-order valence-corrected chi connectivity index (χ0v) is 15.6. The fourth-order valence-corrected chi connectivity index (χ4v) is 3.82. The summed E-state index contributed by atoms with van der Waals surface area (Å²) >= 11 is 0. The Morgan fingerprint density at radius 3 is 2.28 bits per heavy atom. The molecule has 1 aliphatic heterocycles. The van der Waals surface area contributed by atoms with Crippen LogP contribution in [0.1, 0.15) is 13.8 Å². The molecule has 1 saturated heterocycles. The highest BCUT2D eigenvalue weighted by Crippen LogP contribution is 2.10. The highest BCUT2D eigenvalue weighted by molar-refractivity contribution is 7.91. The van der Waals surface area contributed by atoms with E-state index in [1.54, 1.807) is 42.2 Å². The lowest BCUT2D eigenvalue weighted by Crippen LogP contribution is -2.53. The van der Waals surface area contributed by atoms with E-state index in [1.165, 1.54) is 0 Å². The number of hydrogen-bond donors (Lipinski definition) is 1. The molecule has 0 aromatic heterocycles. The van der Waals surface area contributed by atoms with Crippen LogP contribution in [0.2, 0.25) is 0 Å². The molecule has 2 rings (SSSR count). The molecule has 1 aromatic rings. The van der Waals surface area contributed by atoms with Crippen molar-refractivity contribution in [2.75, 3.05) is 45.0 Å². The normalized spacial score (nSPS) is 16.0. The summed E-state index contributed by atoms with van der Waals surface area (Å²) in [4.78, 5) is 20.1. The third-order valence-electron chi connectivity index (χ3n) is 4.08. The lowest BCUT2D eigenvalue weighted by molar-refractivity contribution is -0.130. The summed E-state index contributed by atoms with van der Waals surface area (Å²) < 4.78 is 24.6. The van der Waals surface area contributed by atoms with Gasteiger partial charge in [-0.2, -0.15) is 0 Å². The van der Waals surface area contributed by atoms with Crippen LogP contribution in [0.25, 0.3) is 0 Å². The molecule has 1 N–H and O–H groups in total. The molecule has 0 atom stereocenters. The van der Waals surface area contributed by atoms with Crippen LogP contribution in [0.5, 0.6) is 0 Å². The second-order valence-electron chi connectivity index (χ2n) is 5.86. The van der Waals surface area contributed by atoms with E-state index in [9.17, 15) is 13.2 Å². The first-order chi connectivity index (χ1) is 11.9. The van der Waals surface area contributed by atoms with E-state index < -0.39 is 9.84 Å². The van der Waals surface area contributed by atoms with Crippen molar-refractivity contribution in [1.82, 2.24) is 15.1 Å². The van der Waals surface area contributed by atoms with Crippen molar-refractivity contribution in [2.45, 2.75) is 18.7 Å². The number of carbonyl (C=O) groups is 1. The molecular weight excluding hydrogens is 340 g/mol. The van der Waals surface area contributed by atoms with Gasteiger partial charge < -0.3 is 15.1 Å². The third-order valence-corrected chi connectivity index (χ3v) is 5.79. The standard InChI is InChI=1S/C17H26N4O3S/c1-3-18-17(21-12-10-20(11-13-21)15(2)22)19-9-14-25(23,24)16-7-5-4-6-8-16/h4-8H,3,9-14H2,1-2H3,(H,18,19). The summed E-state index contributed by atoms with van der Waals surface area (Å²) in [5.74, 6) is 0.753. The summed E-state index contributed by atoms with van der Waals surface area (Å²) in [7, 11) is -3.33. The Morgan fingerprint density at radius 2 is 1.72 bits per heavy atom. The number of guanidine groups is 1. The van der Waals surface area contributed by atoms with Crippen molar-refractivity contribution in [3.63, 3.8) is 0 Å². The van der Waals surface area contributed by atoms with Crippen LogP contribution in [0, 0.1) is 0 Å². The van der Waals surface area contributed by atoms with E-state index in [4.69, 9.17) is 0 Å². The van der Waals surface area contributed by atoms with Gasteiger partial charge in [-0.3, -0.25) is 9.79 Å². The first kappa shape index (κ1) is 19.2. The van der Waals surface area contributed by atoms with Crippen LogP contribution in [0.15, 0.2) is 40.2 Å². The van der Waals surface area contributed by atoms with E-state index in [0.717, 1.165) is 0 Å². The molecule has 1 amide bonds. The van der Waals surface area contributed by atoms with Gasteiger partial charge in [0.15, 0.2) is 15.8 Å². The van der Waals surface area contributed by atoms with Gasteiger partial charge in [0, 0.05) is 39.6 Å². The minimum atomic E-state index is -3.33. The number of hydrogen-bond acceptors (Lipinski definition) is 4. The van der Waals surface area contributed by atoms with Crippen LogP contribution in [-0.4, -0.2) is 75.1 Å². The first-order valence-corrected chi connectivity index (χ1v) is 10.2. The maximum atomic E-state index is 12.3. The largest absolute Gasteiger partial charge is 0.357 e. The second-order valence-corrected chi connectivity index (χ2v) is 7.97. The van der Waals surface area contributed by atoms with Gasteiger partial charge in [-0.05, 0) is 19.1 Å². The SMILES string of the molecule is CCNC(=NCCS(=O)(=O)c1ccccc1)N1CCN(C(C)=O)CC1. The fourth-order valence-electron chi connectivity index (χ4n) is 2.68. The van der Waals surface area contributed by atoms with Crippen LogP contribution >= 0.6 is 0 Å². The Balaban J connectivity index is 1.97. The van der Waals surface area contributed by atoms with Crippen molar-refractivity contribution >= 4 is 21.7 Å². The van der Waals surface area contributed by atoms with Crippen LogP contribution in [0.3, 0.4) is 0 Å². The zero-order chi connectivity index (χ0) is 18.3. The second kappa shape index (κ2) is 8.84. The van der Waals surface area contributed by atoms with Crippen molar-refractivity contribution in [3.05, 3.63) is 30.3 Å². The molecule has 138 valence electrons. The summed E-state index contributed by atoms with van der Waals surface area (Å²) in [6.07, 6.45) is 0. The van der Waals surface area contributed by atoms with Gasteiger partial charge in [0.05, 0.1) is 17.2 Å². The Kier molecular flexibility index (Phi) is 6.81. The van der Waals surface area contributed by atoms with Crippen molar-refractivity contribution < 1.29 is 13.2 Å². The predicted molar refractivity (Wildman–Crippen MR) is 98.3 cm³/mol. The van der Waals surface area contributed by atoms with Crippen molar-refractivity contribution in [3.8, 4) is 0 Å². The summed E-state index contributed by atoms with van der Waals surface area (Å²) in [6, 6.07) is 8.43. The minimum absolute atomic E-state index is 0.0285. The Bertz CT molecular complexity index is 696. The van der Waals surface area contributed by atoms with E-state index in [0.29, 0.717) is 43.6 Å². The summed E-state index contributed by atoms with van der Waals surface area (Å²) in [5.41, 5.74) is 0. The molecule has 0 radical (unpaired) electrons. The summed E-state index contributed by atoms with van der Waals surface area (Å²) in [5, 5.41) is 3.20. The van der Waals surface area contributed by atoms with Crippen molar-refractivity contribution in [1.29, 1.82) is 0 Å². The molecule has 25 heavy (non-hydrogen) atoms. The molecule has 0 spiro atoms. The van der Waals surface area contributed by atoms with Gasteiger partial charge in [0.2, 0.25) is 5.91 Å². The average Bonchev–Trinajstić information content (AvgIpc) is 2.62. The van der Waals surface area contributed by atoms with E-state index in [-0.39, 0.29) is 18.2 Å². The van der Waals surface area contributed by atoms with Gasteiger partial charge in [-0.15, -0.1) is 0 Å². The van der Waals surface area contributed by atoms with Crippen LogP contribution in [0.4, 0.5) is 0 Å². The molecular formula is C17H26N4O3S. The highest BCUT2D eigenvalue weighted by atomic mass is 32.2. The third kappa shape index (κ3) is 5.45. The molecule has 8 heteroatoms. The first-order valence-electron chi connectivity index (χ1n) is 8.50. The molecule has 7 nitrogen and oxygen atoms in total. The van der Waals surface area contributed by atoms with E-state index in [1.807, 2.05) is 6.92 Å². The Labute approximate surface area is 149 Å². The number of piperazine rings is 1. The van der Waals surface area contributed by atoms with E-state index >= 15 is 0 Å². The number of aliphatic imine (C=N–C) groups is 1. The molecule has 1 fully saturated rings. The predicted octanol–water partition coefficient (Wildman–Crippen LogP) is 0.590. The monoisotopic (exact) mass is 366 g/mol. The average molecular weight is 366 g/mol. The van der Waals surface area contributed by atoms with Gasteiger partial charge >= 0.3 is 0 Å². The number of sulfone groups is 1. The number of nitrogens with one attached hydrogen (secondary N) is 1. The molecule has 0 aliphatic carbocycles. The number of benzene rings is 1. The maximum Gasteiger partial charge on any atom is 0.219 e.